The zero-order valence-corrected chi connectivity index (χ0v) is 10.2. The highest BCUT2D eigenvalue weighted by atomic mass is 79.9. The second-order valence-corrected chi connectivity index (χ2v) is 3.51. The van der Waals surface area contributed by atoms with Crippen molar-refractivity contribution >= 4 is 21.9 Å². The Morgan fingerprint density at radius 1 is 1.62 bits per heavy atom. The van der Waals surface area contributed by atoms with Gasteiger partial charge in [-0.1, -0.05) is 15.9 Å². The van der Waals surface area contributed by atoms with E-state index in [0.717, 1.165) is 6.07 Å². The van der Waals surface area contributed by atoms with E-state index in [1.165, 1.54) is 6.07 Å². The summed E-state index contributed by atoms with van der Waals surface area (Å²) in [5.74, 6) is -1.24. The molecule has 1 rings (SSSR count). The van der Waals surface area contributed by atoms with Gasteiger partial charge in [0.05, 0.1) is 17.7 Å². The fraction of sp³-hybridized carbons (Fsp3) is 0.273. The van der Waals surface area contributed by atoms with Crippen molar-refractivity contribution in [3.8, 4) is 6.07 Å². The minimum atomic E-state index is -0.680. The van der Waals surface area contributed by atoms with Gasteiger partial charge < -0.3 is 4.74 Å². The van der Waals surface area contributed by atoms with Crippen molar-refractivity contribution in [3.05, 3.63) is 34.6 Å². The predicted octanol–water partition coefficient (Wildman–Crippen LogP) is 2.77. The third-order valence-electron chi connectivity index (χ3n) is 1.94. The monoisotopic (exact) mass is 285 g/mol. The lowest BCUT2D eigenvalue weighted by Gasteiger charge is -2.07. The van der Waals surface area contributed by atoms with E-state index >= 15 is 0 Å². The van der Waals surface area contributed by atoms with Gasteiger partial charge in [-0.15, -0.1) is 0 Å². The van der Waals surface area contributed by atoms with Gasteiger partial charge in [-0.25, -0.2) is 9.18 Å². The maximum absolute atomic E-state index is 13.2. The number of ether oxygens (including phenoxy) is 1. The zero-order valence-electron chi connectivity index (χ0n) is 8.59. The molecule has 0 saturated heterocycles. The SMILES string of the molecule is CCOC(=O)c1cc(F)cc(CBr)c1C#N. The highest BCUT2D eigenvalue weighted by Gasteiger charge is 2.17. The van der Waals surface area contributed by atoms with Crippen LogP contribution in [0.5, 0.6) is 0 Å². The van der Waals surface area contributed by atoms with Crippen LogP contribution in [0.4, 0.5) is 4.39 Å². The standard InChI is InChI=1S/C11H9BrFNO2/c1-2-16-11(15)9-4-8(13)3-7(5-12)10(9)6-14/h3-4H,2,5H2,1H3. The van der Waals surface area contributed by atoms with Crippen LogP contribution in [0.3, 0.4) is 0 Å². The van der Waals surface area contributed by atoms with Gasteiger partial charge in [-0.2, -0.15) is 5.26 Å². The summed E-state index contributed by atoms with van der Waals surface area (Å²) in [6, 6.07) is 4.12. The van der Waals surface area contributed by atoms with Crippen LogP contribution in [-0.4, -0.2) is 12.6 Å². The number of benzene rings is 1. The third kappa shape index (κ3) is 2.58. The quantitative estimate of drug-likeness (QED) is 0.634. The summed E-state index contributed by atoms with van der Waals surface area (Å²) in [5, 5.41) is 9.24. The van der Waals surface area contributed by atoms with Gasteiger partial charge in [-0.05, 0) is 24.6 Å². The molecular formula is C11H9BrFNO2. The van der Waals surface area contributed by atoms with Gasteiger partial charge in [0.15, 0.2) is 0 Å². The molecule has 0 unspecified atom stereocenters. The van der Waals surface area contributed by atoms with E-state index in [0.29, 0.717) is 10.9 Å². The highest BCUT2D eigenvalue weighted by Crippen LogP contribution is 2.19. The Morgan fingerprint density at radius 2 is 2.31 bits per heavy atom. The molecule has 0 amide bonds. The molecule has 0 atom stereocenters. The average molecular weight is 286 g/mol. The van der Waals surface area contributed by atoms with E-state index in [1.54, 1.807) is 6.92 Å². The molecule has 0 aliphatic heterocycles. The molecule has 0 spiro atoms. The van der Waals surface area contributed by atoms with Gasteiger partial charge in [0.25, 0.3) is 0 Å². The van der Waals surface area contributed by atoms with E-state index in [4.69, 9.17) is 10.00 Å². The molecule has 0 bridgehead atoms. The molecule has 0 N–H and O–H groups in total. The number of halogens is 2. The lowest BCUT2D eigenvalue weighted by atomic mass is 10.0. The Balaban J connectivity index is 3.32. The van der Waals surface area contributed by atoms with Crippen LogP contribution in [0.25, 0.3) is 0 Å². The first-order valence-electron chi connectivity index (χ1n) is 4.59. The van der Waals surface area contributed by atoms with E-state index in [-0.39, 0.29) is 17.7 Å². The molecule has 0 saturated carbocycles. The number of hydrogen-bond acceptors (Lipinski definition) is 3. The van der Waals surface area contributed by atoms with Crippen LogP contribution in [0.15, 0.2) is 12.1 Å². The lowest BCUT2D eigenvalue weighted by molar-refractivity contribution is 0.0525. The van der Waals surface area contributed by atoms with Crippen LogP contribution >= 0.6 is 15.9 Å². The molecular weight excluding hydrogens is 277 g/mol. The molecule has 1 aromatic carbocycles. The summed E-state index contributed by atoms with van der Waals surface area (Å²) in [7, 11) is 0. The number of carbonyl (C=O) groups is 1. The van der Waals surface area contributed by atoms with Gasteiger partial charge in [0, 0.05) is 5.33 Å². The fourth-order valence-corrected chi connectivity index (χ4v) is 1.71. The minimum Gasteiger partial charge on any atom is -0.462 e. The Hall–Kier alpha value is -1.41. The molecule has 1 aromatic rings. The predicted molar refractivity (Wildman–Crippen MR) is 59.7 cm³/mol. The molecule has 0 aromatic heterocycles. The second-order valence-electron chi connectivity index (χ2n) is 2.95. The van der Waals surface area contributed by atoms with Gasteiger partial charge >= 0.3 is 5.97 Å². The Kier molecular flexibility index (Phi) is 4.44. The first kappa shape index (κ1) is 12.7. The minimum absolute atomic E-state index is 0.0289. The smallest absolute Gasteiger partial charge is 0.339 e. The van der Waals surface area contributed by atoms with Crippen LogP contribution in [-0.2, 0) is 10.1 Å². The number of esters is 1. The van der Waals surface area contributed by atoms with Crippen molar-refractivity contribution in [1.82, 2.24) is 0 Å². The number of rotatable bonds is 3. The largest absolute Gasteiger partial charge is 0.462 e. The van der Waals surface area contributed by atoms with Crippen molar-refractivity contribution in [2.75, 3.05) is 6.61 Å². The summed E-state index contributed by atoms with van der Waals surface area (Å²) < 4.78 is 17.9. The highest BCUT2D eigenvalue weighted by molar-refractivity contribution is 9.08. The Bertz CT molecular complexity index is 454. The first-order valence-corrected chi connectivity index (χ1v) is 5.71. The number of alkyl halides is 1. The lowest BCUT2D eigenvalue weighted by Crippen LogP contribution is -2.09. The van der Waals surface area contributed by atoms with Crippen LogP contribution < -0.4 is 0 Å². The van der Waals surface area contributed by atoms with Crippen molar-refractivity contribution in [2.45, 2.75) is 12.3 Å². The summed E-state index contributed by atoms with van der Waals surface area (Å²) in [6.45, 7) is 1.83. The molecule has 3 nitrogen and oxygen atoms in total. The molecule has 0 radical (unpaired) electrons. The average Bonchev–Trinajstić information content (AvgIpc) is 2.28. The molecule has 0 heterocycles. The van der Waals surface area contributed by atoms with E-state index < -0.39 is 11.8 Å². The number of nitrogens with zero attached hydrogens (tertiary/aromatic N) is 1. The zero-order chi connectivity index (χ0) is 12.1. The first-order chi connectivity index (χ1) is 7.63. The molecule has 84 valence electrons. The summed E-state index contributed by atoms with van der Waals surface area (Å²) >= 11 is 3.14. The molecule has 0 aliphatic rings. The second kappa shape index (κ2) is 5.61. The maximum Gasteiger partial charge on any atom is 0.339 e. The van der Waals surface area contributed by atoms with Crippen molar-refractivity contribution in [2.24, 2.45) is 0 Å². The van der Waals surface area contributed by atoms with Crippen molar-refractivity contribution < 1.29 is 13.9 Å². The summed E-state index contributed by atoms with van der Waals surface area (Å²) in [6.07, 6.45) is 0. The summed E-state index contributed by atoms with van der Waals surface area (Å²) in [5.41, 5.74) is 0.557. The normalized spacial score (nSPS) is 9.62. The molecule has 5 heteroatoms. The van der Waals surface area contributed by atoms with E-state index in [9.17, 15) is 9.18 Å². The van der Waals surface area contributed by atoms with Crippen LogP contribution in [0.2, 0.25) is 0 Å². The van der Waals surface area contributed by atoms with Crippen LogP contribution in [0.1, 0.15) is 28.4 Å². The number of nitriles is 1. The Morgan fingerprint density at radius 3 is 2.81 bits per heavy atom. The molecule has 0 aliphatic carbocycles. The summed E-state index contributed by atoms with van der Waals surface area (Å²) in [4.78, 5) is 11.5. The van der Waals surface area contributed by atoms with Crippen molar-refractivity contribution in [3.63, 3.8) is 0 Å². The number of hydrogen-bond donors (Lipinski definition) is 0. The van der Waals surface area contributed by atoms with Crippen molar-refractivity contribution in [1.29, 1.82) is 5.26 Å². The van der Waals surface area contributed by atoms with Gasteiger partial charge in [-0.3, -0.25) is 0 Å². The van der Waals surface area contributed by atoms with Crippen LogP contribution in [0, 0.1) is 17.1 Å². The topological polar surface area (TPSA) is 50.1 Å². The molecule has 0 fully saturated rings. The maximum atomic E-state index is 13.2. The third-order valence-corrected chi connectivity index (χ3v) is 2.54. The molecule has 16 heavy (non-hydrogen) atoms. The van der Waals surface area contributed by atoms with E-state index in [2.05, 4.69) is 15.9 Å². The van der Waals surface area contributed by atoms with Gasteiger partial charge in [0.1, 0.15) is 11.9 Å². The number of carbonyl (C=O) groups excluding carboxylic acids is 1. The van der Waals surface area contributed by atoms with E-state index in [1.807, 2.05) is 6.07 Å². The fourth-order valence-electron chi connectivity index (χ4n) is 1.27. The van der Waals surface area contributed by atoms with Gasteiger partial charge in [0.2, 0.25) is 0 Å². The Labute approximate surface area is 101 Å².